The zero-order valence-corrected chi connectivity index (χ0v) is 18.8. The van der Waals surface area contributed by atoms with Crippen LogP contribution >= 0.6 is 22.9 Å². The van der Waals surface area contributed by atoms with Gasteiger partial charge in [-0.3, -0.25) is 4.79 Å². The van der Waals surface area contributed by atoms with Crippen molar-refractivity contribution in [3.8, 4) is 11.5 Å². The Bertz CT molecular complexity index is 1050. The van der Waals surface area contributed by atoms with E-state index in [0.717, 1.165) is 0 Å². The molecule has 0 saturated heterocycles. The van der Waals surface area contributed by atoms with Crippen LogP contribution in [0.3, 0.4) is 0 Å². The van der Waals surface area contributed by atoms with Crippen LogP contribution in [-0.2, 0) is 16.1 Å². The molecule has 0 aliphatic rings. The third-order valence-electron chi connectivity index (χ3n) is 4.21. The fourth-order valence-electron chi connectivity index (χ4n) is 2.57. The number of esters is 1. The second-order valence-corrected chi connectivity index (χ2v) is 8.05. The molecule has 31 heavy (non-hydrogen) atoms. The average molecular weight is 461 g/mol. The summed E-state index contributed by atoms with van der Waals surface area (Å²) in [4.78, 5) is 29.6. The molecule has 1 heterocycles. The Hall–Kier alpha value is -3.10. The van der Waals surface area contributed by atoms with Gasteiger partial charge in [-0.1, -0.05) is 11.6 Å². The van der Waals surface area contributed by atoms with E-state index in [9.17, 15) is 9.59 Å². The maximum absolute atomic E-state index is 12.5. The standard InChI is InChI=1S/C22H21ClN2O5S/c1-13-20(31-19(24-13)12-29-18-8-4-15(23)5-9-18)22(27)30-14(2)21(26)25-16-6-10-17(28-3)11-7-16/h4-11,14H,12H2,1-3H3,(H,25,26). The number of hydrogen-bond donors (Lipinski definition) is 1. The van der Waals surface area contributed by atoms with Gasteiger partial charge in [0.05, 0.1) is 12.8 Å². The van der Waals surface area contributed by atoms with E-state index < -0.39 is 18.0 Å². The van der Waals surface area contributed by atoms with Gasteiger partial charge in [-0.05, 0) is 62.4 Å². The third kappa shape index (κ3) is 6.19. The number of rotatable bonds is 8. The lowest BCUT2D eigenvalue weighted by molar-refractivity contribution is -0.123. The fraction of sp³-hybridized carbons (Fsp3) is 0.227. The van der Waals surface area contributed by atoms with Crippen LogP contribution in [0.25, 0.3) is 0 Å². The van der Waals surface area contributed by atoms with Crippen molar-refractivity contribution in [2.75, 3.05) is 12.4 Å². The highest BCUT2D eigenvalue weighted by Gasteiger charge is 2.23. The first-order valence-electron chi connectivity index (χ1n) is 9.36. The number of ether oxygens (including phenoxy) is 3. The molecule has 0 bridgehead atoms. The minimum absolute atomic E-state index is 0.202. The third-order valence-corrected chi connectivity index (χ3v) is 5.58. The molecule has 0 aliphatic heterocycles. The summed E-state index contributed by atoms with van der Waals surface area (Å²) in [6.07, 6.45) is -0.982. The Morgan fingerprint density at radius 1 is 1.10 bits per heavy atom. The SMILES string of the molecule is COc1ccc(NC(=O)C(C)OC(=O)c2sc(COc3ccc(Cl)cc3)nc2C)cc1. The molecular weight excluding hydrogens is 440 g/mol. The number of benzene rings is 2. The highest BCUT2D eigenvalue weighted by atomic mass is 35.5. The van der Waals surface area contributed by atoms with Gasteiger partial charge in [0.1, 0.15) is 28.0 Å². The van der Waals surface area contributed by atoms with Gasteiger partial charge in [-0.2, -0.15) is 0 Å². The Kier molecular flexibility index (Phi) is 7.49. The lowest BCUT2D eigenvalue weighted by Crippen LogP contribution is -2.29. The number of methoxy groups -OCH3 is 1. The van der Waals surface area contributed by atoms with Gasteiger partial charge in [0.2, 0.25) is 0 Å². The summed E-state index contributed by atoms with van der Waals surface area (Å²) >= 11 is 7.03. The van der Waals surface area contributed by atoms with E-state index in [1.807, 2.05) is 0 Å². The number of carbonyl (C=O) groups excluding carboxylic acids is 2. The van der Waals surface area contributed by atoms with Gasteiger partial charge in [0.15, 0.2) is 6.10 Å². The number of aryl methyl sites for hydroxylation is 1. The molecule has 3 aromatic rings. The van der Waals surface area contributed by atoms with Crippen LogP contribution in [0, 0.1) is 6.92 Å². The van der Waals surface area contributed by atoms with Crippen molar-refractivity contribution in [2.24, 2.45) is 0 Å². The number of nitrogens with zero attached hydrogens (tertiary/aromatic N) is 1. The number of nitrogens with one attached hydrogen (secondary N) is 1. The molecule has 1 aromatic heterocycles. The summed E-state index contributed by atoms with van der Waals surface area (Å²) in [6, 6.07) is 13.8. The Morgan fingerprint density at radius 3 is 2.39 bits per heavy atom. The molecule has 2 aromatic carbocycles. The highest BCUT2D eigenvalue weighted by Crippen LogP contribution is 2.23. The van der Waals surface area contributed by atoms with Crippen molar-refractivity contribution in [2.45, 2.75) is 26.6 Å². The van der Waals surface area contributed by atoms with Gasteiger partial charge in [-0.25, -0.2) is 9.78 Å². The normalized spacial score (nSPS) is 11.5. The van der Waals surface area contributed by atoms with Gasteiger partial charge in [0, 0.05) is 10.7 Å². The van der Waals surface area contributed by atoms with Crippen molar-refractivity contribution in [1.82, 2.24) is 4.98 Å². The molecule has 0 fully saturated rings. The van der Waals surface area contributed by atoms with Gasteiger partial charge < -0.3 is 19.5 Å². The zero-order valence-electron chi connectivity index (χ0n) is 17.2. The quantitative estimate of drug-likeness (QED) is 0.482. The van der Waals surface area contributed by atoms with Crippen LogP contribution in [0.1, 0.15) is 27.3 Å². The number of hydrogen-bond acceptors (Lipinski definition) is 7. The summed E-state index contributed by atoms with van der Waals surface area (Å²) in [5.41, 5.74) is 1.09. The van der Waals surface area contributed by atoms with Crippen LogP contribution in [0.15, 0.2) is 48.5 Å². The molecule has 0 spiro atoms. The predicted molar refractivity (Wildman–Crippen MR) is 119 cm³/mol. The maximum atomic E-state index is 12.5. The molecule has 3 rings (SSSR count). The van der Waals surface area contributed by atoms with E-state index in [0.29, 0.717) is 37.8 Å². The minimum Gasteiger partial charge on any atom is -0.497 e. The Morgan fingerprint density at radius 2 is 1.74 bits per heavy atom. The number of aromatic nitrogens is 1. The van der Waals surface area contributed by atoms with Gasteiger partial charge >= 0.3 is 5.97 Å². The number of amides is 1. The first kappa shape index (κ1) is 22.6. The molecule has 0 saturated carbocycles. The van der Waals surface area contributed by atoms with Crippen LogP contribution in [0.5, 0.6) is 11.5 Å². The molecule has 0 aliphatic carbocycles. The monoisotopic (exact) mass is 460 g/mol. The molecule has 162 valence electrons. The molecule has 1 N–H and O–H groups in total. The maximum Gasteiger partial charge on any atom is 0.351 e. The van der Waals surface area contributed by atoms with Crippen molar-refractivity contribution >= 4 is 40.5 Å². The van der Waals surface area contributed by atoms with Gasteiger partial charge in [0.25, 0.3) is 5.91 Å². The van der Waals surface area contributed by atoms with Crippen molar-refractivity contribution < 1.29 is 23.8 Å². The molecule has 0 radical (unpaired) electrons. The molecular formula is C22H21ClN2O5S. The van der Waals surface area contributed by atoms with Crippen molar-refractivity contribution in [3.63, 3.8) is 0 Å². The van der Waals surface area contributed by atoms with E-state index in [2.05, 4.69) is 10.3 Å². The van der Waals surface area contributed by atoms with E-state index >= 15 is 0 Å². The van der Waals surface area contributed by atoms with Crippen molar-refractivity contribution in [1.29, 1.82) is 0 Å². The van der Waals surface area contributed by atoms with Crippen LogP contribution in [-0.4, -0.2) is 30.1 Å². The summed E-state index contributed by atoms with van der Waals surface area (Å²) in [5.74, 6) is 0.274. The fourth-order valence-corrected chi connectivity index (χ4v) is 3.55. The first-order chi connectivity index (χ1) is 14.9. The largest absolute Gasteiger partial charge is 0.497 e. The van der Waals surface area contributed by atoms with Crippen LogP contribution < -0.4 is 14.8 Å². The van der Waals surface area contributed by atoms with E-state index in [-0.39, 0.29) is 6.61 Å². The predicted octanol–water partition coefficient (Wildman–Crippen LogP) is 4.88. The van der Waals surface area contributed by atoms with Crippen LogP contribution in [0.2, 0.25) is 5.02 Å². The lowest BCUT2D eigenvalue weighted by Gasteiger charge is -2.13. The van der Waals surface area contributed by atoms with Crippen LogP contribution in [0.4, 0.5) is 5.69 Å². The molecule has 1 unspecified atom stereocenters. The number of thiazole rings is 1. The smallest absolute Gasteiger partial charge is 0.351 e. The minimum atomic E-state index is -0.982. The molecule has 9 heteroatoms. The molecule has 1 amide bonds. The van der Waals surface area contributed by atoms with E-state index in [1.54, 1.807) is 62.6 Å². The Balaban J connectivity index is 1.56. The average Bonchev–Trinajstić information content (AvgIpc) is 3.14. The first-order valence-corrected chi connectivity index (χ1v) is 10.6. The second-order valence-electron chi connectivity index (χ2n) is 6.53. The highest BCUT2D eigenvalue weighted by molar-refractivity contribution is 7.13. The van der Waals surface area contributed by atoms with Gasteiger partial charge in [-0.15, -0.1) is 11.3 Å². The topological polar surface area (TPSA) is 86.8 Å². The summed E-state index contributed by atoms with van der Waals surface area (Å²) in [6.45, 7) is 3.42. The lowest BCUT2D eigenvalue weighted by atomic mass is 10.3. The summed E-state index contributed by atoms with van der Waals surface area (Å²) < 4.78 is 16.1. The van der Waals surface area contributed by atoms with E-state index in [1.165, 1.54) is 18.3 Å². The van der Waals surface area contributed by atoms with Crippen molar-refractivity contribution in [3.05, 3.63) is 69.1 Å². The number of carbonyl (C=O) groups is 2. The molecule has 7 nitrogen and oxygen atoms in total. The molecule has 1 atom stereocenters. The second kappa shape index (κ2) is 10.3. The number of anilines is 1. The zero-order chi connectivity index (χ0) is 22.4. The Labute approximate surface area is 188 Å². The summed E-state index contributed by atoms with van der Waals surface area (Å²) in [7, 11) is 1.56. The summed E-state index contributed by atoms with van der Waals surface area (Å²) in [5, 5.41) is 3.94. The van der Waals surface area contributed by atoms with E-state index in [4.69, 9.17) is 25.8 Å². The number of halogens is 1.